The van der Waals surface area contributed by atoms with Crippen molar-refractivity contribution in [2.24, 2.45) is 7.05 Å². The lowest BCUT2D eigenvalue weighted by atomic mass is 10.0. The number of carbonyl (C=O) groups is 1. The van der Waals surface area contributed by atoms with Crippen LogP contribution in [0.3, 0.4) is 0 Å². The van der Waals surface area contributed by atoms with Crippen LogP contribution in [0.4, 0.5) is 0 Å². The summed E-state index contributed by atoms with van der Waals surface area (Å²) in [5.74, 6) is 2.47. The molecule has 1 amide bonds. The third kappa shape index (κ3) is 3.94. The van der Waals surface area contributed by atoms with Crippen molar-refractivity contribution in [3.63, 3.8) is 0 Å². The summed E-state index contributed by atoms with van der Waals surface area (Å²) in [4.78, 5) is 31.2. The van der Waals surface area contributed by atoms with Gasteiger partial charge in [0.2, 0.25) is 5.91 Å². The van der Waals surface area contributed by atoms with E-state index in [9.17, 15) is 4.79 Å². The van der Waals surface area contributed by atoms with E-state index in [0.29, 0.717) is 28.8 Å². The fraction of sp³-hybridized carbons (Fsp3) is 0.240. The number of amides is 1. The standard InChI is InChI=1S/C25H23N9O2/c1-15(35)34-11-5-7-22(34)17-12-20-21(29-24(28-20)18-6-3-4-10-26-18)13-23(17)36-16-8-9-19(27-14-16)25-30-31-32-33(25)2/h3-4,6,8-10,12-14,22H,5,7,11H2,1-2H3,(H,28,29). The molecule has 1 atom stereocenters. The highest BCUT2D eigenvalue weighted by Crippen LogP contribution is 2.41. The van der Waals surface area contributed by atoms with Gasteiger partial charge in [-0.25, -0.2) is 14.6 Å². The Kier molecular flexibility index (Phi) is 5.36. The number of hydrogen-bond acceptors (Lipinski definition) is 8. The van der Waals surface area contributed by atoms with Crippen LogP contribution in [-0.4, -0.2) is 57.5 Å². The van der Waals surface area contributed by atoms with Gasteiger partial charge in [-0.05, 0) is 53.6 Å². The lowest BCUT2D eigenvalue weighted by Gasteiger charge is -2.25. The van der Waals surface area contributed by atoms with E-state index in [0.717, 1.165) is 41.7 Å². The summed E-state index contributed by atoms with van der Waals surface area (Å²) in [7, 11) is 1.76. The lowest BCUT2D eigenvalue weighted by Crippen LogP contribution is -2.28. The quantitative estimate of drug-likeness (QED) is 0.403. The first kappa shape index (κ1) is 21.8. The van der Waals surface area contributed by atoms with Crippen molar-refractivity contribution < 1.29 is 9.53 Å². The maximum Gasteiger partial charge on any atom is 0.219 e. The number of ether oxygens (including phenoxy) is 1. The van der Waals surface area contributed by atoms with Crippen LogP contribution < -0.4 is 4.74 Å². The summed E-state index contributed by atoms with van der Waals surface area (Å²) in [6.45, 7) is 2.33. The van der Waals surface area contributed by atoms with Crippen molar-refractivity contribution in [3.8, 4) is 34.5 Å². The minimum Gasteiger partial charge on any atom is -0.455 e. The second kappa shape index (κ2) is 8.84. The Morgan fingerprint density at radius 1 is 1.14 bits per heavy atom. The van der Waals surface area contributed by atoms with E-state index < -0.39 is 0 Å². The molecule has 0 bridgehead atoms. The monoisotopic (exact) mass is 481 g/mol. The summed E-state index contributed by atoms with van der Waals surface area (Å²) < 4.78 is 7.90. The molecular weight excluding hydrogens is 458 g/mol. The number of H-pyrrole nitrogens is 1. The zero-order valence-corrected chi connectivity index (χ0v) is 19.8. The number of imidazole rings is 1. The number of nitrogens with one attached hydrogen (secondary N) is 1. The average molecular weight is 482 g/mol. The molecule has 36 heavy (non-hydrogen) atoms. The van der Waals surface area contributed by atoms with Gasteiger partial charge in [0.15, 0.2) is 11.6 Å². The second-order valence-corrected chi connectivity index (χ2v) is 8.69. The highest BCUT2D eigenvalue weighted by atomic mass is 16.5. The summed E-state index contributed by atoms with van der Waals surface area (Å²) >= 11 is 0. The summed E-state index contributed by atoms with van der Waals surface area (Å²) in [5.41, 5.74) is 3.92. The topological polar surface area (TPSA) is 128 Å². The molecule has 0 aliphatic carbocycles. The summed E-state index contributed by atoms with van der Waals surface area (Å²) in [6, 6.07) is 13.2. The molecule has 1 N–H and O–H groups in total. The van der Waals surface area contributed by atoms with Crippen molar-refractivity contribution in [2.45, 2.75) is 25.8 Å². The van der Waals surface area contributed by atoms with Gasteiger partial charge in [-0.3, -0.25) is 9.78 Å². The maximum atomic E-state index is 12.4. The van der Waals surface area contributed by atoms with E-state index in [1.165, 1.54) is 0 Å². The molecule has 4 aromatic heterocycles. The molecule has 5 heterocycles. The third-order valence-corrected chi connectivity index (χ3v) is 6.35. The number of tetrazole rings is 1. The third-order valence-electron chi connectivity index (χ3n) is 6.35. The van der Waals surface area contributed by atoms with E-state index >= 15 is 0 Å². The maximum absolute atomic E-state index is 12.4. The molecular formula is C25H23N9O2. The van der Waals surface area contributed by atoms with Gasteiger partial charge in [0.25, 0.3) is 0 Å². The number of fused-ring (bicyclic) bond motifs is 1. The lowest BCUT2D eigenvalue weighted by molar-refractivity contribution is -0.129. The normalized spacial score (nSPS) is 15.5. The fourth-order valence-corrected chi connectivity index (χ4v) is 4.64. The van der Waals surface area contributed by atoms with Crippen molar-refractivity contribution in [3.05, 3.63) is 60.4 Å². The molecule has 180 valence electrons. The van der Waals surface area contributed by atoms with Gasteiger partial charge in [0, 0.05) is 38.3 Å². The van der Waals surface area contributed by atoms with E-state index in [4.69, 9.17) is 9.72 Å². The van der Waals surface area contributed by atoms with Crippen molar-refractivity contribution in [1.29, 1.82) is 0 Å². The summed E-state index contributed by atoms with van der Waals surface area (Å²) in [5, 5.41) is 11.5. The molecule has 1 aliphatic rings. The molecule has 11 nitrogen and oxygen atoms in total. The number of nitrogens with zero attached hydrogens (tertiary/aromatic N) is 8. The molecule has 11 heteroatoms. The number of aromatic amines is 1. The summed E-state index contributed by atoms with van der Waals surface area (Å²) in [6.07, 6.45) is 5.17. The van der Waals surface area contributed by atoms with Crippen LogP contribution in [0.5, 0.6) is 11.5 Å². The average Bonchev–Trinajstić information content (AvgIpc) is 3.64. The van der Waals surface area contributed by atoms with Crippen molar-refractivity contribution in [2.75, 3.05) is 6.54 Å². The molecule has 0 saturated carbocycles. The van der Waals surface area contributed by atoms with Crippen LogP contribution in [0.15, 0.2) is 54.9 Å². The Morgan fingerprint density at radius 3 is 2.78 bits per heavy atom. The largest absolute Gasteiger partial charge is 0.455 e. The molecule has 1 unspecified atom stereocenters. The predicted octanol–water partition coefficient (Wildman–Crippen LogP) is 3.69. The van der Waals surface area contributed by atoms with E-state index in [-0.39, 0.29) is 11.9 Å². The smallest absolute Gasteiger partial charge is 0.219 e. The minimum atomic E-state index is -0.0829. The number of hydrogen-bond donors (Lipinski definition) is 1. The van der Waals surface area contributed by atoms with Crippen molar-refractivity contribution >= 4 is 16.9 Å². The van der Waals surface area contributed by atoms with Crippen LogP contribution in [0.25, 0.3) is 34.1 Å². The Balaban J connectivity index is 1.41. The number of aromatic nitrogens is 8. The second-order valence-electron chi connectivity index (χ2n) is 8.69. The number of pyridine rings is 2. The molecule has 0 radical (unpaired) electrons. The first-order valence-electron chi connectivity index (χ1n) is 11.7. The van der Waals surface area contributed by atoms with Gasteiger partial charge >= 0.3 is 0 Å². The highest BCUT2D eigenvalue weighted by molar-refractivity contribution is 5.82. The Bertz CT molecular complexity index is 1540. The Hall–Kier alpha value is -4.67. The van der Waals surface area contributed by atoms with E-state index in [1.807, 2.05) is 47.4 Å². The minimum absolute atomic E-state index is 0.0469. The number of likely N-dealkylation sites (tertiary alicyclic amines) is 1. The Morgan fingerprint density at radius 2 is 2.06 bits per heavy atom. The van der Waals surface area contributed by atoms with Gasteiger partial charge < -0.3 is 14.6 Å². The predicted molar refractivity (Wildman–Crippen MR) is 131 cm³/mol. The number of carbonyl (C=O) groups excluding carboxylic acids is 1. The Labute approximate surface area is 206 Å². The molecule has 1 fully saturated rings. The van der Waals surface area contributed by atoms with Gasteiger partial charge in [-0.2, -0.15) is 0 Å². The number of aryl methyl sites for hydroxylation is 1. The first-order valence-corrected chi connectivity index (χ1v) is 11.7. The molecule has 0 spiro atoms. The molecule has 1 aromatic carbocycles. The zero-order chi connectivity index (χ0) is 24.6. The van der Waals surface area contributed by atoms with E-state index in [2.05, 4.69) is 30.5 Å². The molecule has 1 saturated heterocycles. The molecule has 5 aromatic rings. The van der Waals surface area contributed by atoms with Crippen molar-refractivity contribution in [1.82, 2.24) is 45.0 Å². The molecule has 1 aliphatic heterocycles. The van der Waals surface area contributed by atoms with Crippen LogP contribution >= 0.6 is 0 Å². The van der Waals surface area contributed by atoms with Gasteiger partial charge in [0.1, 0.15) is 22.9 Å². The van der Waals surface area contributed by atoms with Gasteiger partial charge in [0.05, 0.1) is 23.3 Å². The zero-order valence-electron chi connectivity index (χ0n) is 19.8. The van der Waals surface area contributed by atoms with Crippen LogP contribution in [0, 0.1) is 0 Å². The first-order chi connectivity index (χ1) is 17.6. The van der Waals surface area contributed by atoms with Gasteiger partial charge in [-0.1, -0.05) is 6.07 Å². The van der Waals surface area contributed by atoms with Crippen LogP contribution in [0.2, 0.25) is 0 Å². The molecule has 6 rings (SSSR count). The highest BCUT2D eigenvalue weighted by Gasteiger charge is 2.31. The fourth-order valence-electron chi connectivity index (χ4n) is 4.64. The number of rotatable bonds is 5. The SMILES string of the molecule is CC(=O)N1CCCC1c1cc2[nH]c(-c3ccccn3)nc2cc1Oc1ccc(-c2nnnn2C)nc1. The van der Waals surface area contributed by atoms with Crippen LogP contribution in [-0.2, 0) is 11.8 Å². The van der Waals surface area contributed by atoms with Gasteiger partial charge in [-0.15, -0.1) is 5.10 Å². The van der Waals surface area contributed by atoms with E-state index in [1.54, 1.807) is 31.0 Å². The number of benzene rings is 1. The van der Waals surface area contributed by atoms with Crippen LogP contribution in [0.1, 0.15) is 31.4 Å².